The topological polar surface area (TPSA) is 37.8 Å². The molecule has 1 aromatic heterocycles. The molecule has 2 aromatic rings. The summed E-state index contributed by atoms with van der Waals surface area (Å²) >= 11 is 1.08. The van der Waals surface area contributed by atoms with Crippen molar-refractivity contribution in [2.24, 2.45) is 0 Å². The molecule has 96 valence electrons. The maximum Gasteiger partial charge on any atom is 0.416 e. The second-order valence-electron chi connectivity index (χ2n) is 3.63. The third kappa shape index (κ3) is 2.51. The van der Waals surface area contributed by atoms with E-state index in [9.17, 15) is 13.2 Å². The first kappa shape index (κ1) is 13.0. The van der Waals surface area contributed by atoms with Gasteiger partial charge in [0.05, 0.1) is 22.7 Å². The number of hydrogen-bond donors (Lipinski definition) is 1. The van der Waals surface area contributed by atoms with Crippen LogP contribution in [0.1, 0.15) is 22.0 Å². The monoisotopic (exact) mass is 273 g/mol. The van der Waals surface area contributed by atoms with Gasteiger partial charge in [-0.1, -0.05) is 22.7 Å². The predicted octanol–water partition coefficient (Wildman–Crippen LogP) is 2.87. The molecule has 0 spiro atoms. The summed E-state index contributed by atoms with van der Waals surface area (Å²) in [5.41, 5.74) is -0.462. The van der Waals surface area contributed by atoms with Crippen molar-refractivity contribution in [1.82, 2.24) is 14.9 Å². The lowest BCUT2D eigenvalue weighted by Gasteiger charge is -2.19. The Kier molecular flexibility index (Phi) is 3.63. The third-order valence-electron chi connectivity index (χ3n) is 2.53. The number of hydrogen-bond acceptors (Lipinski definition) is 4. The molecule has 0 aliphatic rings. The summed E-state index contributed by atoms with van der Waals surface area (Å²) in [5, 5.41) is 6.52. The van der Waals surface area contributed by atoms with Crippen LogP contribution in [0.2, 0.25) is 0 Å². The van der Waals surface area contributed by atoms with E-state index < -0.39 is 17.8 Å². The predicted molar refractivity (Wildman–Crippen MR) is 62.3 cm³/mol. The van der Waals surface area contributed by atoms with Crippen molar-refractivity contribution in [3.63, 3.8) is 0 Å². The zero-order chi connectivity index (χ0) is 13.2. The van der Waals surface area contributed by atoms with Crippen LogP contribution in [-0.2, 0) is 6.18 Å². The molecule has 0 saturated carbocycles. The summed E-state index contributed by atoms with van der Waals surface area (Å²) in [6.07, 6.45) is -2.90. The van der Waals surface area contributed by atoms with Gasteiger partial charge in [0.1, 0.15) is 0 Å². The van der Waals surface area contributed by atoms with E-state index in [0.29, 0.717) is 4.88 Å². The maximum atomic E-state index is 12.9. The fraction of sp³-hybridized carbons (Fsp3) is 0.273. The van der Waals surface area contributed by atoms with Crippen LogP contribution in [0.5, 0.6) is 0 Å². The van der Waals surface area contributed by atoms with Gasteiger partial charge in [-0.05, 0) is 30.2 Å². The highest BCUT2D eigenvalue weighted by Crippen LogP contribution is 2.36. The molecule has 7 heteroatoms. The minimum atomic E-state index is -4.37. The number of benzene rings is 1. The molecule has 18 heavy (non-hydrogen) atoms. The van der Waals surface area contributed by atoms with Gasteiger partial charge in [0, 0.05) is 0 Å². The highest BCUT2D eigenvalue weighted by Gasteiger charge is 2.35. The van der Waals surface area contributed by atoms with Crippen molar-refractivity contribution >= 4 is 11.5 Å². The Morgan fingerprint density at radius 2 is 2.00 bits per heavy atom. The molecule has 0 aliphatic heterocycles. The largest absolute Gasteiger partial charge is 0.416 e. The van der Waals surface area contributed by atoms with Crippen molar-refractivity contribution in [2.75, 3.05) is 7.05 Å². The van der Waals surface area contributed by atoms with Gasteiger partial charge in [-0.15, -0.1) is 5.10 Å². The minimum Gasteiger partial charge on any atom is -0.309 e. The van der Waals surface area contributed by atoms with E-state index in [4.69, 9.17) is 0 Å². The van der Waals surface area contributed by atoms with E-state index in [1.165, 1.54) is 18.3 Å². The quantitative estimate of drug-likeness (QED) is 0.934. The Morgan fingerprint density at radius 1 is 1.28 bits per heavy atom. The average Bonchev–Trinajstić information content (AvgIpc) is 2.83. The van der Waals surface area contributed by atoms with Gasteiger partial charge in [0.25, 0.3) is 0 Å². The molecule has 0 aliphatic carbocycles. The van der Waals surface area contributed by atoms with Crippen LogP contribution in [0.15, 0.2) is 30.5 Å². The van der Waals surface area contributed by atoms with Crippen LogP contribution in [0.4, 0.5) is 13.2 Å². The molecule has 1 unspecified atom stereocenters. The van der Waals surface area contributed by atoms with Crippen LogP contribution < -0.4 is 5.32 Å². The molecule has 1 aromatic carbocycles. The van der Waals surface area contributed by atoms with Crippen LogP contribution in [-0.4, -0.2) is 16.6 Å². The van der Waals surface area contributed by atoms with Gasteiger partial charge < -0.3 is 5.32 Å². The second kappa shape index (κ2) is 5.03. The number of aromatic nitrogens is 2. The van der Waals surface area contributed by atoms with Crippen molar-refractivity contribution in [3.05, 3.63) is 46.5 Å². The van der Waals surface area contributed by atoms with Gasteiger partial charge in [-0.2, -0.15) is 13.2 Å². The lowest BCUT2D eigenvalue weighted by Crippen LogP contribution is -2.21. The third-order valence-corrected chi connectivity index (χ3v) is 3.26. The summed E-state index contributed by atoms with van der Waals surface area (Å²) in [7, 11) is 1.61. The Bertz CT molecular complexity index is 511. The van der Waals surface area contributed by atoms with Crippen LogP contribution in [0, 0.1) is 0 Å². The Balaban J connectivity index is 2.50. The van der Waals surface area contributed by atoms with E-state index in [0.717, 1.165) is 17.6 Å². The van der Waals surface area contributed by atoms with Crippen molar-refractivity contribution in [1.29, 1.82) is 0 Å². The number of nitrogens with zero attached hydrogens (tertiary/aromatic N) is 2. The van der Waals surface area contributed by atoms with Crippen LogP contribution in [0.25, 0.3) is 0 Å². The van der Waals surface area contributed by atoms with E-state index in [1.54, 1.807) is 13.1 Å². The molecule has 1 atom stereocenters. The van der Waals surface area contributed by atoms with Gasteiger partial charge in [0.15, 0.2) is 0 Å². The van der Waals surface area contributed by atoms with E-state index in [2.05, 4.69) is 14.9 Å². The Hall–Kier alpha value is -1.47. The fourth-order valence-electron chi connectivity index (χ4n) is 1.76. The summed E-state index contributed by atoms with van der Waals surface area (Å²) in [4.78, 5) is 0.647. The lowest BCUT2D eigenvalue weighted by atomic mass is 9.99. The van der Waals surface area contributed by atoms with E-state index in [-0.39, 0.29) is 5.56 Å². The summed E-state index contributed by atoms with van der Waals surface area (Å²) < 4.78 is 42.5. The highest BCUT2D eigenvalue weighted by atomic mass is 32.1. The van der Waals surface area contributed by atoms with Crippen LogP contribution >= 0.6 is 11.5 Å². The highest BCUT2D eigenvalue weighted by molar-refractivity contribution is 7.05. The number of nitrogens with one attached hydrogen (secondary N) is 1. The summed E-state index contributed by atoms with van der Waals surface area (Å²) in [6.45, 7) is 0. The molecule has 0 saturated heterocycles. The standard InChI is InChI=1S/C11H10F3N3S/c1-15-10(9-6-16-17-18-9)7-4-2-3-5-8(7)11(12,13)14/h2-6,10,15H,1H3. The normalized spacial score (nSPS) is 13.6. The van der Waals surface area contributed by atoms with Crippen molar-refractivity contribution < 1.29 is 13.2 Å². The summed E-state index contributed by atoms with van der Waals surface area (Å²) in [5.74, 6) is 0. The molecule has 0 bridgehead atoms. The van der Waals surface area contributed by atoms with Crippen molar-refractivity contribution in [3.8, 4) is 0 Å². The SMILES string of the molecule is CNC(c1cnns1)c1ccccc1C(F)(F)F. The lowest BCUT2D eigenvalue weighted by molar-refractivity contribution is -0.138. The minimum absolute atomic E-state index is 0.179. The average molecular weight is 273 g/mol. The number of alkyl halides is 3. The fourth-order valence-corrected chi connectivity index (χ4v) is 2.39. The molecule has 2 rings (SSSR count). The zero-order valence-electron chi connectivity index (χ0n) is 9.40. The maximum absolute atomic E-state index is 12.9. The first-order chi connectivity index (χ1) is 8.54. The molecule has 0 amide bonds. The van der Waals surface area contributed by atoms with Gasteiger partial charge >= 0.3 is 6.18 Å². The Labute approximate surface area is 106 Å². The van der Waals surface area contributed by atoms with Gasteiger partial charge in [0.2, 0.25) is 0 Å². The molecule has 3 nitrogen and oxygen atoms in total. The van der Waals surface area contributed by atoms with E-state index >= 15 is 0 Å². The number of rotatable bonds is 3. The Morgan fingerprint density at radius 3 is 2.56 bits per heavy atom. The van der Waals surface area contributed by atoms with Gasteiger partial charge in [-0.25, -0.2) is 0 Å². The molecule has 1 heterocycles. The molecule has 0 fully saturated rings. The first-order valence-electron chi connectivity index (χ1n) is 5.14. The van der Waals surface area contributed by atoms with Crippen molar-refractivity contribution in [2.45, 2.75) is 12.2 Å². The summed E-state index contributed by atoms with van der Waals surface area (Å²) in [6, 6.07) is 4.95. The van der Waals surface area contributed by atoms with E-state index in [1.807, 2.05) is 0 Å². The first-order valence-corrected chi connectivity index (χ1v) is 5.92. The molecular weight excluding hydrogens is 263 g/mol. The molecule has 1 N–H and O–H groups in total. The second-order valence-corrected chi connectivity index (χ2v) is 4.44. The van der Waals surface area contributed by atoms with Crippen LogP contribution in [0.3, 0.4) is 0 Å². The molecule has 0 radical (unpaired) electrons. The number of halogens is 3. The zero-order valence-corrected chi connectivity index (χ0v) is 10.2. The van der Waals surface area contributed by atoms with Gasteiger partial charge in [-0.3, -0.25) is 0 Å². The smallest absolute Gasteiger partial charge is 0.309 e. The molecular formula is C11H10F3N3S.